The van der Waals surface area contributed by atoms with E-state index in [1.54, 1.807) is 13.2 Å². The lowest BCUT2D eigenvalue weighted by atomic mass is 10.2. The molecule has 0 unspecified atom stereocenters. The third-order valence-electron chi connectivity index (χ3n) is 2.38. The molecule has 0 aliphatic rings. The summed E-state index contributed by atoms with van der Waals surface area (Å²) in [4.78, 5) is 11.4. The summed E-state index contributed by atoms with van der Waals surface area (Å²) in [5.74, 6) is -0.388. The van der Waals surface area contributed by atoms with E-state index in [-0.39, 0.29) is 19.1 Å². The summed E-state index contributed by atoms with van der Waals surface area (Å²) in [6, 6.07) is 4.16. The van der Waals surface area contributed by atoms with Gasteiger partial charge in [0.1, 0.15) is 11.6 Å². The zero-order valence-corrected chi connectivity index (χ0v) is 10.9. The first kappa shape index (κ1) is 15.4. The number of rotatable bonds is 8. The van der Waals surface area contributed by atoms with Crippen LogP contribution in [0.15, 0.2) is 18.2 Å². The van der Waals surface area contributed by atoms with Crippen molar-refractivity contribution in [2.45, 2.75) is 13.0 Å². The topological polar surface area (TPSA) is 73.6 Å². The number of ether oxygens (including phenoxy) is 2. The number of methoxy groups -OCH3 is 1. The van der Waals surface area contributed by atoms with E-state index in [1.807, 2.05) is 0 Å². The molecule has 0 atom stereocenters. The fraction of sp³-hybridized carbons (Fsp3) is 0.462. The normalized spacial score (nSPS) is 10.3. The average molecular weight is 270 g/mol. The van der Waals surface area contributed by atoms with Crippen molar-refractivity contribution in [3.8, 4) is 5.75 Å². The lowest BCUT2D eigenvalue weighted by molar-refractivity contribution is -0.123. The van der Waals surface area contributed by atoms with Gasteiger partial charge in [-0.05, 0) is 24.1 Å². The maximum absolute atomic E-state index is 13.2. The lowest BCUT2D eigenvalue weighted by Crippen LogP contribution is -2.30. The van der Waals surface area contributed by atoms with E-state index in [1.165, 1.54) is 12.1 Å². The van der Waals surface area contributed by atoms with Gasteiger partial charge in [-0.3, -0.25) is 4.79 Å². The van der Waals surface area contributed by atoms with Crippen LogP contribution in [0.3, 0.4) is 0 Å². The van der Waals surface area contributed by atoms with Gasteiger partial charge in [-0.15, -0.1) is 0 Å². The minimum Gasteiger partial charge on any atom is -0.484 e. The Kier molecular flexibility index (Phi) is 6.84. The SMILES string of the molecule is COCCCNC(=O)COc1cc(F)cc(CN)c1. The summed E-state index contributed by atoms with van der Waals surface area (Å²) >= 11 is 0. The molecule has 0 aliphatic heterocycles. The Morgan fingerprint density at radius 3 is 2.89 bits per heavy atom. The molecule has 1 rings (SSSR count). The van der Waals surface area contributed by atoms with Gasteiger partial charge in [-0.25, -0.2) is 4.39 Å². The molecular formula is C13H19FN2O3. The molecule has 1 aromatic rings. The second-order valence-corrected chi connectivity index (χ2v) is 3.98. The molecule has 0 heterocycles. The molecule has 1 amide bonds. The van der Waals surface area contributed by atoms with Crippen LogP contribution in [0.4, 0.5) is 4.39 Å². The molecular weight excluding hydrogens is 251 g/mol. The van der Waals surface area contributed by atoms with Crippen LogP contribution in [0.2, 0.25) is 0 Å². The quantitative estimate of drug-likeness (QED) is 0.686. The molecule has 1 aromatic carbocycles. The number of carbonyl (C=O) groups is 1. The third kappa shape index (κ3) is 6.17. The Balaban J connectivity index is 2.35. The summed E-state index contributed by atoms with van der Waals surface area (Å²) in [5.41, 5.74) is 6.05. The number of hydrogen-bond acceptors (Lipinski definition) is 4. The maximum Gasteiger partial charge on any atom is 0.257 e. The molecule has 3 N–H and O–H groups in total. The maximum atomic E-state index is 13.2. The van der Waals surface area contributed by atoms with E-state index in [2.05, 4.69) is 5.32 Å². The van der Waals surface area contributed by atoms with Gasteiger partial charge in [0.2, 0.25) is 0 Å². The Bertz CT molecular complexity index is 413. The second kappa shape index (κ2) is 8.44. The fourth-order valence-corrected chi connectivity index (χ4v) is 1.47. The van der Waals surface area contributed by atoms with Crippen LogP contribution >= 0.6 is 0 Å². The minimum atomic E-state index is -0.432. The van der Waals surface area contributed by atoms with E-state index in [4.69, 9.17) is 15.2 Å². The monoisotopic (exact) mass is 270 g/mol. The van der Waals surface area contributed by atoms with Crippen LogP contribution < -0.4 is 15.8 Å². The molecule has 6 heteroatoms. The summed E-state index contributed by atoms with van der Waals surface area (Å²) < 4.78 is 23.2. The van der Waals surface area contributed by atoms with Crippen LogP contribution in [-0.4, -0.2) is 32.8 Å². The van der Waals surface area contributed by atoms with Gasteiger partial charge < -0.3 is 20.5 Å². The fourth-order valence-electron chi connectivity index (χ4n) is 1.47. The molecule has 0 spiro atoms. The van der Waals surface area contributed by atoms with E-state index < -0.39 is 5.82 Å². The third-order valence-corrected chi connectivity index (χ3v) is 2.38. The Labute approximate surface area is 111 Å². The van der Waals surface area contributed by atoms with Crippen LogP contribution in [0.1, 0.15) is 12.0 Å². The van der Waals surface area contributed by atoms with E-state index in [9.17, 15) is 9.18 Å². The molecule has 0 bridgehead atoms. The zero-order valence-electron chi connectivity index (χ0n) is 10.9. The molecule has 0 saturated heterocycles. The molecule has 5 nitrogen and oxygen atoms in total. The number of nitrogens with one attached hydrogen (secondary N) is 1. The standard InChI is InChI=1S/C13H19FN2O3/c1-18-4-2-3-16-13(17)9-19-12-6-10(8-15)5-11(14)7-12/h5-7H,2-4,8-9,15H2,1H3,(H,16,17). The molecule has 0 aromatic heterocycles. The highest BCUT2D eigenvalue weighted by atomic mass is 19.1. The minimum absolute atomic E-state index is 0.152. The van der Waals surface area contributed by atoms with Crippen molar-refractivity contribution in [2.24, 2.45) is 5.73 Å². The van der Waals surface area contributed by atoms with Gasteiger partial charge >= 0.3 is 0 Å². The summed E-state index contributed by atoms with van der Waals surface area (Å²) in [6.07, 6.45) is 0.736. The summed E-state index contributed by atoms with van der Waals surface area (Å²) in [5, 5.41) is 2.67. The van der Waals surface area contributed by atoms with Crippen LogP contribution in [0.25, 0.3) is 0 Å². The molecule has 0 saturated carbocycles. The molecule has 0 aliphatic carbocycles. The first-order valence-corrected chi connectivity index (χ1v) is 6.03. The predicted octanol–water partition coefficient (Wildman–Crippen LogP) is 0.816. The molecule has 106 valence electrons. The first-order chi connectivity index (χ1) is 9.15. The Hall–Kier alpha value is -1.66. The Morgan fingerprint density at radius 2 is 2.21 bits per heavy atom. The number of amides is 1. The van der Waals surface area contributed by atoms with Crippen molar-refractivity contribution in [2.75, 3.05) is 26.9 Å². The van der Waals surface area contributed by atoms with Crippen molar-refractivity contribution in [1.29, 1.82) is 0 Å². The number of carbonyl (C=O) groups excluding carboxylic acids is 1. The summed E-state index contributed by atoms with van der Waals surface area (Å²) in [7, 11) is 1.60. The Morgan fingerprint density at radius 1 is 1.42 bits per heavy atom. The largest absolute Gasteiger partial charge is 0.484 e. The first-order valence-electron chi connectivity index (χ1n) is 6.03. The number of halogens is 1. The molecule has 19 heavy (non-hydrogen) atoms. The van der Waals surface area contributed by atoms with Crippen LogP contribution in [0.5, 0.6) is 5.75 Å². The van der Waals surface area contributed by atoms with Crippen molar-refractivity contribution < 1.29 is 18.7 Å². The summed E-state index contributed by atoms with van der Waals surface area (Å²) in [6.45, 7) is 1.18. The van der Waals surface area contributed by atoms with Gasteiger partial charge in [-0.1, -0.05) is 0 Å². The predicted molar refractivity (Wildman–Crippen MR) is 69.3 cm³/mol. The van der Waals surface area contributed by atoms with Crippen LogP contribution in [0, 0.1) is 5.82 Å². The highest BCUT2D eigenvalue weighted by Gasteiger charge is 2.04. The van der Waals surface area contributed by atoms with Gasteiger partial charge in [0.05, 0.1) is 0 Å². The lowest BCUT2D eigenvalue weighted by Gasteiger charge is -2.08. The van der Waals surface area contributed by atoms with Crippen molar-refractivity contribution in [1.82, 2.24) is 5.32 Å². The van der Waals surface area contributed by atoms with E-state index in [0.717, 1.165) is 6.42 Å². The van der Waals surface area contributed by atoms with Crippen molar-refractivity contribution >= 4 is 5.91 Å². The number of benzene rings is 1. The second-order valence-electron chi connectivity index (χ2n) is 3.98. The van der Waals surface area contributed by atoms with Crippen molar-refractivity contribution in [3.63, 3.8) is 0 Å². The van der Waals surface area contributed by atoms with Gasteiger partial charge in [0.25, 0.3) is 5.91 Å². The number of hydrogen-bond donors (Lipinski definition) is 2. The average Bonchev–Trinajstić information content (AvgIpc) is 2.40. The van der Waals surface area contributed by atoms with Crippen molar-refractivity contribution in [3.05, 3.63) is 29.6 Å². The smallest absolute Gasteiger partial charge is 0.257 e. The molecule has 0 fully saturated rings. The van der Waals surface area contributed by atoms with Gasteiger partial charge in [0.15, 0.2) is 6.61 Å². The van der Waals surface area contributed by atoms with Gasteiger partial charge in [-0.2, -0.15) is 0 Å². The van der Waals surface area contributed by atoms with Crippen LogP contribution in [-0.2, 0) is 16.1 Å². The molecule has 0 radical (unpaired) electrons. The van der Waals surface area contributed by atoms with E-state index in [0.29, 0.717) is 24.5 Å². The van der Waals surface area contributed by atoms with Gasteiger partial charge in [0, 0.05) is 32.9 Å². The zero-order chi connectivity index (χ0) is 14.1. The highest BCUT2D eigenvalue weighted by molar-refractivity contribution is 5.77. The number of nitrogens with two attached hydrogens (primary N) is 1. The van der Waals surface area contributed by atoms with E-state index >= 15 is 0 Å². The highest BCUT2D eigenvalue weighted by Crippen LogP contribution is 2.15.